The van der Waals surface area contributed by atoms with Crippen LogP contribution in [0, 0.1) is 0 Å². The summed E-state index contributed by atoms with van der Waals surface area (Å²) in [5.41, 5.74) is 0.929. The number of amides is 1. The molecule has 1 saturated heterocycles. The predicted octanol–water partition coefficient (Wildman–Crippen LogP) is 2.74. The molecule has 0 aliphatic carbocycles. The van der Waals surface area contributed by atoms with E-state index in [1.165, 1.54) is 0 Å². The predicted molar refractivity (Wildman–Crippen MR) is 116 cm³/mol. The number of nitrogens with zero attached hydrogens (tertiary/aromatic N) is 3. The van der Waals surface area contributed by atoms with Gasteiger partial charge in [-0.05, 0) is 43.3 Å². The van der Waals surface area contributed by atoms with Gasteiger partial charge in [0.2, 0.25) is 5.91 Å². The van der Waals surface area contributed by atoms with E-state index in [4.69, 9.17) is 9.47 Å². The van der Waals surface area contributed by atoms with Crippen LogP contribution in [0.15, 0.2) is 54.6 Å². The maximum Gasteiger partial charge on any atom is 0.243 e. The molecule has 2 aromatic carbocycles. The van der Waals surface area contributed by atoms with E-state index in [1.54, 1.807) is 12.0 Å². The second kappa shape index (κ2) is 10.3. The molecular formula is C23H31N3O3. The third-order valence-corrected chi connectivity index (χ3v) is 5.52. The highest BCUT2D eigenvalue weighted by atomic mass is 16.5. The highest BCUT2D eigenvalue weighted by Gasteiger charge is 2.27. The van der Waals surface area contributed by atoms with Crippen LogP contribution in [-0.2, 0) is 4.79 Å². The molecule has 0 radical (unpaired) electrons. The first kappa shape index (κ1) is 21.1. The molecule has 156 valence electrons. The molecule has 6 nitrogen and oxygen atoms in total. The number of anilines is 1. The van der Waals surface area contributed by atoms with E-state index in [1.807, 2.05) is 68.6 Å². The Morgan fingerprint density at radius 2 is 1.62 bits per heavy atom. The molecule has 2 aromatic rings. The van der Waals surface area contributed by atoms with E-state index in [2.05, 4.69) is 9.80 Å². The van der Waals surface area contributed by atoms with Crippen LogP contribution in [0.25, 0.3) is 0 Å². The lowest BCUT2D eigenvalue weighted by Gasteiger charge is -2.38. The average Bonchev–Trinajstić information content (AvgIpc) is 2.79. The number of carbonyl (C=O) groups is 1. The summed E-state index contributed by atoms with van der Waals surface area (Å²) < 4.78 is 11.0. The molecule has 1 aliphatic rings. The molecule has 0 N–H and O–H groups in total. The molecular weight excluding hydrogens is 366 g/mol. The van der Waals surface area contributed by atoms with Gasteiger partial charge in [-0.2, -0.15) is 0 Å². The van der Waals surface area contributed by atoms with Gasteiger partial charge in [0.15, 0.2) is 0 Å². The Morgan fingerprint density at radius 1 is 1.00 bits per heavy atom. The van der Waals surface area contributed by atoms with Crippen molar-refractivity contribution in [2.75, 3.05) is 58.4 Å². The molecule has 1 atom stereocenters. The molecule has 1 fully saturated rings. The Bertz CT molecular complexity index is 759. The van der Waals surface area contributed by atoms with Gasteiger partial charge < -0.3 is 14.4 Å². The number of methoxy groups -OCH3 is 1. The molecule has 1 unspecified atom stereocenters. The fourth-order valence-electron chi connectivity index (χ4n) is 3.55. The SMILES string of the molecule is COc1ccc(OCCN2CCN(C(C)C(=O)N(C)c3ccccc3)CC2)cc1. The number of para-hydroxylation sites is 1. The summed E-state index contributed by atoms with van der Waals surface area (Å²) in [6, 6.07) is 17.3. The maximum atomic E-state index is 12.8. The summed E-state index contributed by atoms with van der Waals surface area (Å²) in [4.78, 5) is 19.2. The molecule has 3 rings (SSSR count). The number of likely N-dealkylation sites (N-methyl/N-ethyl adjacent to an activating group) is 1. The van der Waals surface area contributed by atoms with Crippen LogP contribution < -0.4 is 14.4 Å². The minimum Gasteiger partial charge on any atom is -0.497 e. The fraction of sp³-hybridized carbons (Fsp3) is 0.435. The van der Waals surface area contributed by atoms with Crippen molar-refractivity contribution in [2.45, 2.75) is 13.0 Å². The van der Waals surface area contributed by atoms with Crippen molar-refractivity contribution >= 4 is 11.6 Å². The smallest absolute Gasteiger partial charge is 0.243 e. The third kappa shape index (κ3) is 5.71. The summed E-state index contributed by atoms with van der Waals surface area (Å²) >= 11 is 0. The molecule has 1 aliphatic heterocycles. The van der Waals surface area contributed by atoms with E-state index in [0.29, 0.717) is 6.61 Å². The molecule has 0 aromatic heterocycles. The number of carbonyl (C=O) groups excluding carboxylic acids is 1. The largest absolute Gasteiger partial charge is 0.497 e. The van der Waals surface area contributed by atoms with Crippen LogP contribution in [0.3, 0.4) is 0 Å². The standard InChI is InChI=1S/C23H31N3O3/c1-19(23(27)24(2)20-7-5-4-6-8-20)26-15-13-25(14-16-26)17-18-29-22-11-9-21(28-3)10-12-22/h4-12,19H,13-18H2,1-3H3. The Kier molecular flexibility index (Phi) is 7.49. The van der Waals surface area contributed by atoms with E-state index in [-0.39, 0.29) is 11.9 Å². The molecule has 29 heavy (non-hydrogen) atoms. The molecule has 0 saturated carbocycles. The highest BCUT2D eigenvalue weighted by Crippen LogP contribution is 2.18. The third-order valence-electron chi connectivity index (χ3n) is 5.52. The first-order chi connectivity index (χ1) is 14.1. The number of piperazine rings is 1. The summed E-state index contributed by atoms with van der Waals surface area (Å²) in [6.45, 7) is 7.20. The number of rotatable bonds is 8. The maximum absolute atomic E-state index is 12.8. The van der Waals surface area contributed by atoms with Gasteiger partial charge in [0.1, 0.15) is 18.1 Å². The molecule has 0 bridgehead atoms. The highest BCUT2D eigenvalue weighted by molar-refractivity contribution is 5.96. The van der Waals surface area contributed by atoms with Crippen LogP contribution in [0.4, 0.5) is 5.69 Å². The Morgan fingerprint density at radius 3 is 2.24 bits per heavy atom. The number of benzene rings is 2. The Labute approximate surface area is 173 Å². The van der Waals surface area contributed by atoms with Crippen molar-refractivity contribution in [3.63, 3.8) is 0 Å². The average molecular weight is 398 g/mol. The zero-order valence-corrected chi connectivity index (χ0v) is 17.6. The zero-order chi connectivity index (χ0) is 20.6. The number of ether oxygens (including phenoxy) is 2. The summed E-state index contributed by atoms with van der Waals surface area (Å²) in [5, 5.41) is 0. The van der Waals surface area contributed by atoms with Crippen molar-refractivity contribution in [2.24, 2.45) is 0 Å². The molecule has 0 spiro atoms. The topological polar surface area (TPSA) is 45.3 Å². The van der Waals surface area contributed by atoms with Gasteiger partial charge >= 0.3 is 0 Å². The Hall–Kier alpha value is -2.57. The first-order valence-electron chi connectivity index (χ1n) is 10.1. The molecule has 6 heteroatoms. The van der Waals surface area contributed by atoms with E-state index >= 15 is 0 Å². The lowest BCUT2D eigenvalue weighted by molar-refractivity contribution is -0.123. The normalized spacial score (nSPS) is 16.2. The minimum absolute atomic E-state index is 0.127. The van der Waals surface area contributed by atoms with Crippen LogP contribution in [0.2, 0.25) is 0 Å². The lowest BCUT2D eigenvalue weighted by Crippen LogP contribution is -2.54. The van der Waals surface area contributed by atoms with Crippen LogP contribution >= 0.6 is 0 Å². The zero-order valence-electron chi connectivity index (χ0n) is 17.6. The van der Waals surface area contributed by atoms with Crippen molar-refractivity contribution in [1.29, 1.82) is 0 Å². The quantitative estimate of drug-likeness (QED) is 0.685. The van der Waals surface area contributed by atoms with Gasteiger partial charge in [0.05, 0.1) is 13.2 Å². The Balaban J connectivity index is 1.40. The van der Waals surface area contributed by atoms with Gasteiger partial charge in [0, 0.05) is 45.5 Å². The van der Waals surface area contributed by atoms with Gasteiger partial charge in [-0.1, -0.05) is 18.2 Å². The molecule has 1 amide bonds. The fourth-order valence-corrected chi connectivity index (χ4v) is 3.55. The van der Waals surface area contributed by atoms with Crippen molar-refractivity contribution in [1.82, 2.24) is 9.80 Å². The van der Waals surface area contributed by atoms with Gasteiger partial charge in [-0.3, -0.25) is 14.6 Å². The van der Waals surface area contributed by atoms with Crippen molar-refractivity contribution in [3.05, 3.63) is 54.6 Å². The van der Waals surface area contributed by atoms with E-state index in [9.17, 15) is 4.79 Å². The van der Waals surface area contributed by atoms with Gasteiger partial charge in [-0.25, -0.2) is 0 Å². The summed E-state index contributed by atoms with van der Waals surface area (Å²) in [5.74, 6) is 1.81. The van der Waals surface area contributed by atoms with Crippen LogP contribution in [0.5, 0.6) is 11.5 Å². The minimum atomic E-state index is -0.127. The van der Waals surface area contributed by atoms with E-state index in [0.717, 1.165) is 49.9 Å². The number of hydrogen-bond acceptors (Lipinski definition) is 5. The first-order valence-corrected chi connectivity index (χ1v) is 10.1. The second-order valence-electron chi connectivity index (χ2n) is 7.31. The van der Waals surface area contributed by atoms with Gasteiger partial charge in [0.25, 0.3) is 0 Å². The van der Waals surface area contributed by atoms with Crippen LogP contribution in [-0.4, -0.2) is 75.2 Å². The van der Waals surface area contributed by atoms with Gasteiger partial charge in [-0.15, -0.1) is 0 Å². The summed E-state index contributed by atoms with van der Waals surface area (Å²) in [6.07, 6.45) is 0. The van der Waals surface area contributed by atoms with Crippen molar-refractivity contribution < 1.29 is 14.3 Å². The lowest BCUT2D eigenvalue weighted by atomic mass is 10.2. The van der Waals surface area contributed by atoms with Crippen molar-refractivity contribution in [3.8, 4) is 11.5 Å². The second-order valence-corrected chi connectivity index (χ2v) is 7.31. The number of hydrogen-bond donors (Lipinski definition) is 0. The molecule has 1 heterocycles. The van der Waals surface area contributed by atoms with E-state index < -0.39 is 0 Å². The monoisotopic (exact) mass is 397 g/mol. The summed E-state index contributed by atoms with van der Waals surface area (Å²) in [7, 11) is 3.50. The van der Waals surface area contributed by atoms with Crippen LogP contribution in [0.1, 0.15) is 6.92 Å².